The molecule has 1 heterocycles. The van der Waals surface area contributed by atoms with Crippen LogP contribution in [-0.4, -0.2) is 17.3 Å². The van der Waals surface area contributed by atoms with Crippen LogP contribution in [0.4, 0.5) is 13.2 Å². The van der Waals surface area contributed by atoms with Crippen molar-refractivity contribution in [1.29, 1.82) is 0 Å². The van der Waals surface area contributed by atoms with Gasteiger partial charge in [-0.25, -0.2) is 4.98 Å². The van der Waals surface area contributed by atoms with E-state index in [2.05, 4.69) is 4.98 Å². The molecule has 0 aromatic carbocycles. The van der Waals surface area contributed by atoms with Gasteiger partial charge in [-0.3, -0.25) is 4.79 Å². The van der Waals surface area contributed by atoms with E-state index in [-0.39, 0.29) is 22.5 Å². The lowest BCUT2D eigenvalue weighted by molar-refractivity contribution is -0.137. The molecule has 0 aliphatic carbocycles. The second-order valence-electron chi connectivity index (χ2n) is 5.15. The van der Waals surface area contributed by atoms with Crippen molar-refractivity contribution < 1.29 is 18.0 Å². The van der Waals surface area contributed by atoms with Crippen molar-refractivity contribution in [2.24, 2.45) is 11.1 Å². The minimum atomic E-state index is -4.48. The predicted octanol–water partition coefficient (Wildman–Crippen LogP) is 3.50. The van der Waals surface area contributed by atoms with Crippen molar-refractivity contribution in [2.75, 3.05) is 6.54 Å². The average molecular weight is 294 g/mol. The van der Waals surface area contributed by atoms with Gasteiger partial charge in [0.05, 0.1) is 4.88 Å². The van der Waals surface area contributed by atoms with Gasteiger partial charge in [0.15, 0.2) is 10.8 Å². The van der Waals surface area contributed by atoms with Crippen LogP contribution in [0.15, 0.2) is 6.20 Å². The van der Waals surface area contributed by atoms with Crippen LogP contribution in [0.2, 0.25) is 0 Å². The van der Waals surface area contributed by atoms with Gasteiger partial charge < -0.3 is 5.73 Å². The fourth-order valence-corrected chi connectivity index (χ4v) is 2.38. The Morgan fingerprint density at radius 3 is 2.47 bits per heavy atom. The molecular formula is C12H17F3N2OS. The number of rotatable bonds is 6. The Hall–Kier alpha value is -0.950. The first kappa shape index (κ1) is 16.1. The molecule has 1 aromatic heterocycles. The highest BCUT2D eigenvalue weighted by Crippen LogP contribution is 2.33. The minimum absolute atomic E-state index is 0.0656. The Labute approximate surface area is 114 Å². The molecule has 0 fully saturated rings. The summed E-state index contributed by atoms with van der Waals surface area (Å²) in [6, 6.07) is 0. The zero-order valence-corrected chi connectivity index (χ0v) is 11.7. The summed E-state index contributed by atoms with van der Waals surface area (Å²) in [6.45, 7) is 4.50. The third-order valence-corrected chi connectivity index (χ3v) is 3.96. The number of nitrogens with two attached hydrogens (primary N) is 1. The van der Waals surface area contributed by atoms with E-state index in [1.807, 2.05) is 13.8 Å². The van der Waals surface area contributed by atoms with Crippen molar-refractivity contribution in [1.82, 2.24) is 4.98 Å². The smallest absolute Gasteiger partial charge is 0.330 e. The lowest BCUT2D eigenvalue weighted by atomic mass is 9.84. The molecule has 0 bridgehead atoms. The standard InChI is InChI=1S/C12H17F3N2OS/c1-11(2,5-6-16)4-3-8(18)9-7-17-10(19-9)12(13,14)15/h7H,3-6,16H2,1-2H3. The maximum atomic E-state index is 12.4. The van der Waals surface area contributed by atoms with Gasteiger partial charge in [-0.15, -0.1) is 11.3 Å². The topological polar surface area (TPSA) is 56.0 Å². The molecular weight excluding hydrogens is 277 g/mol. The van der Waals surface area contributed by atoms with Gasteiger partial charge in [-0.2, -0.15) is 13.2 Å². The molecule has 0 saturated heterocycles. The first-order valence-corrected chi connectivity index (χ1v) is 6.74. The zero-order chi connectivity index (χ0) is 14.7. The van der Waals surface area contributed by atoms with Gasteiger partial charge in [0, 0.05) is 12.6 Å². The predicted molar refractivity (Wildman–Crippen MR) is 68.1 cm³/mol. The van der Waals surface area contributed by atoms with Gasteiger partial charge in [-0.05, 0) is 24.8 Å². The van der Waals surface area contributed by atoms with Crippen LogP contribution in [0.3, 0.4) is 0 Å². The summed E-state index contributed by atoms with van der Waals surface area (Å²) >= 11 is 0.402. The number of alkyl halides is 3. The van der Waals surface area contributed by atoms with Crippen LogP contribution in [0.1, 0.15) is 47.8 Å². The zero-order valence-electron chi connectivity index (χ0n) is 10.9. The van der Waals surface area contributed by atoms with E-state index in [1.165, 1.54) is 0 Å². The number of nitrogens with zero attached hydrogens (tertiary/aromatic N) is 1. The van der Waals surface area contributed by atoms with Crippen molar-refractivity contribution >= 4 is 17.1 Å². The number of Topliss-reactive ketones (excluding diaryl/α,β-unsaturated/α-hetero) is 1. The Balaban J connectivity index is 2.62. The molecule has 0 spiro atoms. The second kappa shape index (κ2) is 6.00. The van der Waals surface area contributed by atoms with E-state index < -0.39 is 11.2 Å². The van der Waals surface area contributed by atoms with Crippen molar-refractivity contribution in [3.63, 3.8) is 0 Å². The lowest BCUT2D eigenvalue weighted by Gasteiger charge is -2.22. The molecule has 0 amide bonds. The van der Waals surface area contributed by atoms with Crippen LogP contribution >= 0.6 is 11.3 Å². The molecule has 1 aromatic rings. The Morgan fingerprint density at radius 1 is 1.37 bits per heavy atom. The van der Waals surface area contributed by atoms with Crippen LogP contribution in [0, 0.1) is 5.41 Å². The summed E-state index contributed by atoms with van der Waals surface area (Å²) in [5.41, 5.74) is 5.38. The summed E-state index contributed by atoms with van der Waals surface area (Å²) in [5.74, 6) is -0.293. The van der Waals surface area contributed by atoms with E-state index in [1.54, 1.807) is 0 Å². The van der Waals surface area contributed by atoms with E-state index in [0.717, 1.165) is 12.6 Å². The molecule has 0 saturated carbocycles. The highest BCUT2D eigenvalue weighted by atomic mass is 32.1. The van der Waals surface area contributed by atoms with Crippen molar-refractivity contribution in [3.8, 4) is 0 Å². The van der Waals surface area contributed by atoms with Crippen LogP contribution in [0.25, 0.3) is 0 Å². The SMILES string of the molecule is CC(C)(CCN)CCC(=O)c1cnc(C(F)(F)F)s1. The fraction of sp³-hybridized carbons (Fsp3) is 0.667. The van der Waals surface area contributed by atoms with Crippen molar-refractivity contribution in [3.05, 3.63) is 16.1 Å². The highest BCUT2D eigenvalue weighted by Gasteiger charge is 2.35. The Morgan fingerprint density at radius 2 is 2.00 bits per heavy atom. The molecule has 0 atom stereocenters. The number of hydrogen-bond acceptors (Lipinski definition) is 4. The fourth-order valence-electron chi connectivity index (χ4n) is 1.62. The first-order chi connectivity index (χ1) is 8.65. The highest BCUT2D eigenvalue weighted by molar-refractivity contribution is 7.13. The number of hydrogen-bond donors (Lipinski definition) is 1. The quantitative estimate of drug-likeness (QED) is 0.817. The molecule has 0 unspecified atom stereocenters. The number of carbonyl (C=O) groups excluding carboxylic acids is 1. The molecule has 3 nitrogen and oxygen atoms in total. The summed E-state index contributed by atoms with van der Waals surface area (Å²) in [7, 11) is 0. The monoisotopic (exact) mass is 294 g/mol. The van der Waals surface area contributed by atoms with Gasteiger partial charge in [0.25, 0.3) is 0 Å². The molecule has 0 radical (unpaired) electrons. The van der Waals surface area contributed by atoms with E-state index in [0.29, 0.717) is 24.3 Å². The van der Waals surface area contributed by atoms with Gasteiger partial charge >= 0.3 is 6.18 Å². The summed E-state index contributed by atoms with van der Waals surface area (Å²) in [5, 5.41) is -0.975. The van der Waals surface area contributed by atoms with Crippen LogP contribution in [0.5, 0.6) is 0 Å². The van der Waals surface area contributed by atoms with E-state index >= 15 is 0 Å². The Kier molecular flexibility index (Phi) is 5.09. The maximum absolute atomic E-state index is 12.4. The van der Waals surface area contributed by atoms with Crippen molar-refractivity contribution in [2.45, 2.75) is 39.3 Å². The molecule has 0 aliphatic rings. The molecule has 0 aliphatic heterocycles. The molecule has 2 N–H and O–H groups in total. The minimum Gasteiger partial charge on any atom is -0.330 e. The van der Waals surface area contributed by atoms with E-state index in [9.17, 15) is 18.0 Å². The largest absolute Gasteiger partial charge is 0.443 e. The van der Waals surface area contributed by atoms with Crippen LogP contribution in [-0.2, 0) is 6.18 Å². The Bertz CT molecular complexity index is 440. The maximum Gasteiger partial charge on any atom is 0.443 e. The van der Waals surface area contributed by atoms with Crippen LogP contribution < -0.4 is 5.73 Å². The number of thiazole rings is 1. The average Bonchev–Trinajstić information content (AvgIpc) is 2.74. The summed E-state index contributed by atoms with van der Waals surface area (Å²) in [4.78, 5) is 15.1. The van der Waals surface area contributed by atoms with Gasteiger partial charge in [0.2, 0.25) is 0 Å². The lowest BCUT2D eigenvalue weighted by Crippen LogP contribution is -2.18. The molecule has 19 heavy (non-hydrogen) atoms. The normalized spacial score (nSPS) is 12.7. The molecule has 108 valence electrons. The number of carbonyl (C=O) groups is 1. The van der Waals surface area contributed by atoms with Gasteiger partial charge in [-0.1, -0.05) is 13.8 Å². The third-order valence-electron chi connectivity index (χ3n) is 2.87. The molecule has 7 heteroatoms. The second-order valence-corrected chi connectivity index (χ2v) is 6.18. The number of ketones is 1. The number of halogens is 3. The first-order valence-electron chi connectivity index (χ1n) is 5.92. The van der Waals surface area contributed by atoms with Gasteiger partial charge in [0.1, 0.15) is 0 Å². The van der Waals surface area contributed by atoms with E-state index in [4.69, 9.17) is 5.73 Å². The third kappa shape index (κ3) is 4.91. The summed E-state index contributed by atoms with van der Waals surface area (Å²) in [6.07, 6.45) is -1.89. The summed E-state index contributed by atoms with van der Waals surface area (Å²) < 4.78 is 37.1. The molecule has 1 rings (SSSR count). The number of aromatic nitrogens is 1.